The van der Waals surface area contributed by atoms with Gasteiger partial charge in [0.15, 0.2) is 24.4 Å². The third-order valence-corrected chi connectivity index (χ3v) is 4.48. The normalized spacial score (nSPS) is 24.4. The first kappa shape index (κ1) is 31.3. The van der Waals surface area contributed by atoms with E-state index >= 15 is 0 Å². The highest BCUT2D eigenvalue weighted by atomic mass is 16.8. The van der Waals surface area contributed by atoms with Gasteiger partial charge in [-0.15, -0.1) is 0 Å². The van der Waals surface area contributed by atoms with Crippen LogP contribution in [-0.4, -0.2) is 91.3 Å². The van der Waals surface area contributed by atoms with Gasteiger partial charge in [0.2, 0.25) is 12.4 Å². The Morgan fingerprint density at radius 2 is 1.03 bits per heavy atom. The Bertz CT molecular complexity index is 879. The quantitative estimate of drug-likeness (QED) is 0.257. The van der Waals surface area contributed by atoms with Crippen LogP contribution in [0.15, 0.2) is 0 Å². The molecule has 0 aromatic carbocycles. The lowest BCUT2D eigenvalue weighted by molar-refractivity contribution is -0.314. The van der Waals surface area contributed by atoms with Crippen LogP contribution < -0.4 is 0 Å². The fourth-order valence-corrected chi connectivity index (χ4v) is 3.48. The number of esters is 7. The van der Waals surface area contributed by atoms with Gasteiger partial charge in [0.25, 0.3) is 0 Å². The smallest absolute Gasteiger partial charge is 0.305 e. The summed E-state index contributed by atoms with van der Waals surface area (Å²) in [6.45, 7) is 6.50. The van der Waals surface area contributed by atoms with Gasteiger partial charge in [-0.05, 0) is 0 Å². The Morgan fingerprint density at radius 1 is 0.568 bits per heavy atom. The zero-order valence-electron chi connectivity index (χ0n) is 21.4. The van der Waals surface area contributed by atoms with Crippen LogP contribution in [-0.2, 0) is 71.5 Å². The minimum absolute atomic E-state index is 0.636. The molecular weight excluding hydrogens is 504 g/mol. The van der Waals surface area contributed by atoms with Crippen molar-refractivity contribution in [3.63, 3.8) is 0 Å². The van der Waals surface area contributed by atoms with Gasteiger partial charge in [0.1, 0.15) is 12.7 Å². The number of carbonyl (C=O) groups is 7. The Hall–Kier alpha value is -3.75. The highest BCUT2D eigenvalue weighted by Crippen LogP contribution is 2.33. The highest BCUT2D eigenvalue weighted by Gasteiger charge is 2.57. The van der Waals surface area contributed by atoms with Crippen LogP contribution in [0.2, 0.25) is 0 Å². The summed E-state index contributed by atoms with van der Waals surface area (Å²) >= 11 is 0. The van der Waals surface area contributed by atoms with E-state index in [2.05, 4.69) is 0 Å². The van der Waals surface area contributed by atoms with Crippen LogP contribution in [0.4, 0.5) is 0 Å². The fourth-order valence-electron chi connectivity index (χ4n) is 3.48. The largest absolute Gasteiger partial charge is 0.462 e. The second kappa shape index (κ2) is 14.1. The molecule has 0 radical (unpaired) electrons. The van der Waals surface area contributed by atoms with E-state index < -0.39 is 91.3 Å². The zero-order chi connectivity index (χ0) is 28.4. The molecule has 0 spiro atoms. The summed E-state index contributed by atoms with van der Waals surface area (Å²) in [7, 11) is 0. The molecule has 0 bridgehead atoms. The van der Waals surface area contributed by atoms with Crippen molar-refractivity contribution in [3.05, 3.63) is 0 Å². The number of rotatable bonds is 10. The Kier molecular flexibility index (Phi) is 11.9. The van der Waals surface area contributed by atoms with E-state index in [1.54, 1.807) is 0 Å². The summed E-state index contributed by atoms with van der Waals surface area (Å²) in [6.07, 6.45) is -11.6. The first-order chi connectivity index (χ1) is 17.1. The average molecular weight is 534 g/mol. The van der Waals surface area contributed by atoms with E-state index in [1.807, 2.05) is 0 Å². The molecule has 1 rings (SSSR count). The molecule has 0 unspecified atom stereocenters. The summed E-state index contributed by atoms with van der Waals surface area (Å²) in [5, 5.41) is 0. The number of ether oxygens (including phenoxy) is 8. The standard InChI is InChI=1S/C22H30O15/c1-9(23)30-8-16(31-10(2)24)17(32-11(3)25)18-19(33-12(4)26)20(34-13(5)27)21(35-14(6)28)22(37-18)36-15(7)29/h16-22H,8H2,1-7H3/t16-,17+,18-,19+,20+,21+,22-/m1/s1. The summed E-state index contributed by atoms with van der Waals surface area (Å²) in [4.78, 5) is 82.8. The SMILES string of the molecule is CC(=O)OC[C@@H](OC(C)=O)[C@H](OC(C)=O)[C@H]1O[C@@H](OC(C)=O)[C@@H](OC(C)=O)[C@@H](OC(C)=O)[C@H]1OC(C)=O. The van der Waals surface area contributed by atoms with Gasteiger partial charge in [-0.2, -0.15) is 0 Å². The van der Waals surface area contributed by atoms with Crippen molar-refractivity contribution in [1.29, 1.82) is 0 Å². The van der Waals surface area contributed by atoms with Crippen molar-refractivity contribution in [2.75, 3.05) is 6.61 Å². The van der Waals surface area contributed by atoms with Gasteiger partial charge in [-0.25, -0.2) is 0 Å². The molecular formula is C22H30O15. The Morgan fingerprint density at radius 3 is 1.46 bits per heavy atom. The molecule has 37 heavy (non-hydrogen) atoms. The topological polar surface area (TPSA) is 193 Å². The zero-order valence-corrected chi connectivity index (χ0v) is 21.4. The van der Waals surface area contributed by atoms with Crippen molar-refractivity contribution in [2.45, 2.75) is 91.4 Å². The maximum atomic E-state index is 12.0. The second-order valence-electron chi connectivity index (χ2n) is 7.83. The molecule has 1 aliphatic rings. The number of hydrogen-bond acceptors (Lipinski definition) is 15. The molecule has 0 N–H and O–H groups in total. The van der Waals surface area contributed by atoms with Gasteiger partial charge >= 0.3 is 41.8 Å². The molecule has 15 heteroatoms. The molecule has 1 saturated heterocycles. The molecule has 7 atom stereocenters. The summed E-state index contributed by atoms with van der Waals surface area (Å²) in [5.74, 6) is -6.22. The van der Waals surface area contributed by atoms with E-state index in [1.165, 1.54) is 0 Å². The van der Waals surface area contributed by atoms with Crippen molar-refractivity contribution >= 4 is 41.8 Å². The van der Waals surface area contributed by atoms with Crippen LogP contribution in [0.5, 0.6) is 0 Å². The molecule has 1 aliphatic heterocycles. The minimum Gasteiger partial charge on any atom is -0.462 e. The van der Waals surface area contributed by atoms with E-state index in [0.717, 1.165) is 48.5 Å². The second-order valence-corrected chi connectivity index (χ2v) is 7.83. The molecule has 0 amide bonds. The van der Waals surface area contributed by atoms with Gasteiger partial charge < -0.3 is 37.9 Å². The predicted octanol–water partition coefficient (Wildman–Crippen LogP) is -0.504. The summed E-state index contributed by atoms with van der Waals surface area (Å²) in [6, 6.07) is 0. The maximum Gasteiger partial charge on any atom is 0.305 e. The molecule has 1 fully saturated rings. The molecule has 1 heterocycles. The summed E-state index contributed by atoms with van der Waals surface area (Å²) < 4.78 is 42.0. The third-order valence-electron chi connectivity index (χ3n) is 4.48. The van der Waals surface area contributed by atoms with Gasteiger partial charge in [-0.1, -0.05) is 0 Å². The molecule has 0 aromatic rings. The van der Waals surface area contributed by atoms with Crippen LogP contribution >= 0.6 is 0 Å². The summed E-state index contributed by atoms with van der Waals surface area (Å²) in [5.41, 5.74) is 0. The van der Waals surface area contributed by atoms with Crippen LogP contribution in [0.3, 0.4) is 0 Å². The van der Waals surface area contributed by atoms with E-state index in [0.29, 0.717) is 0 Å². The number of hydrogen-bond donors (Lipinski definition) is 0. The van der Waals surface area contributed by atoms with Crippen LogP contribution in [0.1, 0.15) is 48.5 Å². The third kappa shape index (κ3) is 10.4. The average Bonchev–Trinajstić information content (AvgIpc) is 2.71. The van der Waals surface area contributed by atoms with Crippen molar-refractivity contribution in [3.8, 4) is 0 Å². The molecule has 0 aromatic heterocycles. The fraction of sp³-hybridized carbons (Fsp3) is 0.682. The highest BCUT2D eigenvalue weighted by molar-refractivity contribution is 5.70. The number of carbonyl (C=O) groups excluding carboxylic acids is 7. The monoisotopic (exact) mass is 534 g/mol. The van der Waals surface area contributed by atoms with Gasteiger partial charge in [0, 0.05) is 48.5 Å². The minimum atomic E-state index is -1.77. The van der Waals surface area contributed by atoms with E-state index in [4.69, 9.17) is 37.9 Å². The lowest BCUT2D eigenvalue weighted by Gasteiger charge is -2.46. The predicted molar refractivity (Wildman–Crippen MR) is 115 cm³/mol. The van der Waals surface area contributed by atoms with Gasteiger partial charge in [-0.3, -0.25) is 33.6 Å². The molecule has 0 saturated carbocycles. The molecule has 208 valence electrons. The Labute approximate surface area is 211 Å². The maximum absolute atomic E-state index is 12.0. The van der Waals surface area contributed by atoms with E-state index in [-0.39, 0.29) is 0 Å². The molecule has 0 aliphatic carbocycles. The van der Waals surface area contributed by atoms with Crippen molar-refractivity contribution in [2.24, 2.45) is 0 Å². The lowest BCUT2D eigenvalue weighted by atomic mass is 9.92. The molecule has 15 nitrogen and oxygen atoms in total. The van der Waals surface area contributed by atoms with Crippen LogP contribution in [0, 0.1) is 0 Å². The van der Waals surface area contributed by atoms with E-state index in [9.17, 15) is 33.6 Å². The van der Waals surface area contributed by atoms with Crippen molar-refractivity contribution < 1.29 is 71.5 Å². The van der Waals surface area contributed by atoms with Gasteiger partial charge in [0.05, 0.1) is 0 Å². The first-order valence-corrected chi connectivity index (χ1v) is 10.9. The lowest BCUT2D eigenvalue weighted by Crippen LogP contribution is -2.66. The first-order valence-electron chi connectivity index (χ1n) is 10.9. The van der Waals surface area contributed by atoms with Crippen molar-refractivity contribution in [1.82, 2.24) is 0 Å². The van der Waals surface area contributed by atoms with Crippen LogP contribution in [0.25, 0.3) is 0 Å². The Balaban J connectivity index is 3.75.